The van der Waals surface area contributed by atoms with Gasteiger partial charge in [0, 0.05) is 6.42 Å². The monoisotopic (exact) mass is 284 g/mol. The Labute approximate surface area is 127 Å². The van der Waals surface area contributed by atoms with Crippen molar-refractivity contribution >= 4 is 0 Å². The smallest absolute Gasteiger partial charge is 0.124 e. The van der Waals surface area contributed by atoms with Crippen molar-refractivity contribution in [2.24, 2.45) is 0 Å². The SMILES string of the molecule is CCc1cc(Cc2cc(C)cc(C)c2O)cc(C)c1OC. The average molecular weight is 284 g/mol. The summed E-state index contributed by atoms with van der Waals surface area (Å²) < 4.78 is 5.48. The molecule has 1 N–H and O–H groups in total. The molecule has 0 heterocycles. The summed E-state index contributed by atoms with van der Waals surface area (Å²) in [5, 5.41) is 10.3. The minimum Gasteiger partial charge on any atom is -0.507 e. The van der Waals surface area contributed by atoms with Crippen molar-refractivity contribution in [2.75, 3.05) is 7.11 Å². The molecule has 2 aromatic rings. The molecule has 0 aliphatic heterocycles. The van der Waals surface area contributed by atoms with E-state index < -0.39 is 0 Å². The molecule has 2 aromatic carbocycles. The molecule has 0 aliphatic rings. The quantitative estimate of drug-likeness (QED) is 0.897. The van der Waals surface area contributed by atoms with Gasteiger partial charge >= 0.3 is 0 Å². The fourth-order valence-electron chi connectivity index (χ4n) is 2.99. The highest BCUT2D eigenvalue weighted by Gasteiger charge is 2.11. The van der Waals surface area contributed by atoms with Gasteiger partial charge in [0.25, 0.3) is 0 Å². The summed E-state index contributed by atoms with van der Waals surface area (Å²) in [7, 11) is 1.72. The lowest BCUT2D eigenvalue weighted by Crippen LogP contribution is -1.98. The van der Waals surface area contributed by atoms with E-state index in [1.54, 1.807) is 7.11 Å². The summed E-state index contributed by atoms with van der Waals surface area (Å²) in [6, 6.07) is 8.40. The Balaban J connectivity index is 2.43. The van der Waals surface area contributed by atoms with E-state index in [1.807, 2.05) is 13.0 Å². The first-order valence-electron chi connectivity index (χ1n) is 7.41. The summed E-state index contributed by atoms with van der Waals surface area (Å²) in [4.78, 5) is 0. The Hall–Kier alpha value is -1.96. The number of methoxy groups -OCH3 is 1. The molecule has 0 spiro atoms. The molecule has 2 nitrogen and oxygen atoms in total. The molecule has 0 atom stereocenters. The molecule has 2 heteroatoms. The van der Waals surface area contributed by atoms with Gasteiger partial charge in [-0.25, -0.2) is 0 Å². The second kappa shape index (κ2) is 6.21. The van der Waals surface area contributed by atoms with Crippen molar-refractivity contribution in [1.82, 2.24) is 0 Å². The van der Waals surface area contributed by atoms with Crippen LogP contribution < -0.4 is 4.74 Å². The van der Waals surface area contributed by atoms with Crippen LogP contribution in [0.2, 0.25) is 0 Å². The van der Waals surface area contributed by atoms with Crippen molar-refractivity contribution in [2.45, 2.75) is 40.5 Å². The van der Waals surface area contributed by atoms with E-state index in [0.717, 1.165) is 35.3 Å². The van der Waals surface area contributed by atoms with Gasteiger partial charge in [-0.1, -0.05) is 36.8 Å². The maximum atomic E-state index is 10.3. The highest BCUT2D eigenvalue weighted by Crippen LogP contribution is 2.30. The molecule has 0 amide bonds. The standard InChI is InChI=1S/C19H24O2/c1-6-16-10-15(9-14(4)19(16)21-5)11-17-8-12(2)7-13(3)18(17)20/h7-10,20H,6,11H2,1-5H3. The van der Waals surface area contributed by atoms with E-state index >= 15 is 0 Å². The number of hydrogen-bond acceptors (Lipinski definition) is 2. The average Bonchev–Trinajstić information content (AvgIpc) is 2.43. The van der Waals surface area contributed by atoms with Crippen molar-refractivity contribution in [3.8, 4) is 11.5 Å². The molecule has 0 bridgehead atoms. The third kappa shape index (κ3) is 3.21. The van der Waals surface area contributed by atoms with Gasteiger partial charge in [0.2, 0.25) is 0 Å². The predicted molar refractivity (Wildman–Crippen MR) is 87.5 cm³/mol. The van der Waals surface area contributed by atoms with Gasteiger partial charge in [0.05, 0.1) is 7.11 Å². The zero-order chi connectivity index (χ0) is 15.6. The normalized spacial score (nSPS) is 10.7. The van der Waals surface area contributed by atoms with Crippen molar-refractivity contribution in [1.29, 1.82) is 0 Å². The first-order chi connectivity index (χ1) is 9.96. The number of rotatable bonds is 4. The van der Waals surface area contributed by atoms with E-state index in [0.29, 0.717) is 5.75 Å². The van der Waals surface area contributed by atoms with Crippen LogP contribution in [0.5, 0.6) is 11.5 Å². The highest BCUT2D eigenvalue weighted by atomic mass is 16.5. The zero-order valence-corrected chi connectivity index (χ0v) is 13.6. The second-order valence-corrected chi connectivity index (χ2v) is 5.72. The molecule has 112 valence electrons. The van der Waals surface area contributed by atoms with Crippen LogP contribution in [0, 0.1) is 20.8 Å². The van der Waals surface area contributed by atoms with Crippen LogP contribution in [0.3, 0.4) is 0 Å². The fourth-order valence-corrected chi connectivity index (χ4v) is 2.99. The third-order valence-corrected chi connectivity index (χ3v) is 3.91. The molecule has 0 aromatic heterocycles. The van der Waals surface area contributed by atoms with E-state index in [9.17, 15) is 5.11 Å². The number of aryl methyl sites for hydroxylation is 4. The predicted octanol–water partition coefficient (Wildman–Crippen LogP) is 4.48. The van der Waals surface area contributed by atoms with E-state index in [-0.39, 0.29) is 0 Å². The minimum absolute atomic E-state index is 0.409. The van der Waals surface area contributed by atoms with Crippen LogP contribution in [0.1, 0.15) is 40.3 Å². The van der Waals surface area contributed by atoms with E-state index in [2.05, 4.69) is 39.0 Å². The number of hydrogen-bond donors (Lipinski definition) is 1. The lowest BCUT2D eigenvalue weighted by Gasteiger charge is -2.14. The Morgan fingerprint density at radius 2 is 1.67 bits per heavy atom. The number of aromatic hydroxyl groups is 1. The molecule has 21 heavy (non-hydrogen) atoms. The van der Waals surface area contributed by atoms with Gasteiger partial charge in [0.1, 0.15) is 11.5 Å². The summed E-state index contributed by atoms with van der Waals surface area (Å²) >= 11 is 0. The largest absolute Gasteiger partial charge is 0.507 e. The molecule has 0 aliphatic carbocycles. The Bertz CT molecular complexity index is 657. The topological polar surface area (TPSA) is 29.5 Å². The molecule has 0 saturated heterocycles. The first kappa shape index (κ1) is 15.4. The Morgan fingerprint density at radius 1 is 0.952 bits per heavy atom. The van der Waals surface area contributed by atoms with Crippen LogP contribution in [-0.4, -0.2) is 12.2 Å². The van der Waals surface area contributed by atoms with Crippen molar-refractivity contribution in [3.63, 3.8) is 0 Å². The van der Waals surface area contributed by atoms with Gasteiger partial charge in [-0.05, 0) is 55.0 Å². The summed E-state index contributed by atoms with van der Waals surface area (Å²) in [6.07, 6.45) is 1.68. The van der Waals surface area contributed by atoms with Gasteiger partial charge in [-0.3, -0.25) is 0 Å². The third-order valence-electron chi connectivity index (χ3n) is 3.91. The molecular formula is C19H24O2. The van der Waals surface area contributed by atoms with Gasteiger partial charge < -0.3 is 9.84 Å². The van der Waals surface area contributed by atoms with Crippen LogP contribution in [0.15, 0.2) is 24.3 Å². The Morgan fingerprint density at radius 3 is 2.29 bits per heavy atom. The molecule has 0 unspecified atom stereocenters. The number of phenolic OH excluding ortho intramolecular Hbond substituents is 1. The summed E-state index contributed by atoms with van der Waals surface area (Å²) in [6.45, 7) is 8.22. The molecule has 0 saturated carbocycles. The molecule has 0 fully saturated rings. The second-order valence-electron chi connectivity index (χ2n) is 5.72. The van der Waals surface area contributed by atoms with Crippen molar-refractivity contribution < 1.29 is 9.84 Å². The van der Waals surface area contributed by atoms with Crippen LogP contribution >= 0.6 is 0 Å². The zero-order valence-electron chi connectivity index (χ0n) is 13.6. The molecule has 2 rings (SSSR count). The summed E-state index contributed by atoms with van der Waals surface area (Å²) in [5.74, 6) is 1.39. The van der Waals surface area contributed by atoms with Gasteiger partial charge in [-0.2, -0.15) is 0 Å². The van der Waals surface area contributed by atoms with E-state index in [1.165, 1.54) is 16.7 Å². The number of phenols is 1. The van der Waals surface area contributed by atoms with Crippen molar-refractivity contribution in [3.05, 3.63) is 57.6 Å². The summed E-state index contributed by atoms with van der Waals surface area (Å²) in [5.41, 5.74) is 6.68. The van der Waals surface area contributed by atoms with Crippen LogP contribution in [0.25, 0.3) is 0 Å². The van der Waals surface area contributed by atoms with Crippen LogP contribution in [-0.2, 0) is 12.8 Å². The van der Waals surface area contributed by atoms with E-state index in [4.69, 9.17) is 4.74 Å². The lowest BCUT2D eigenvalue weighted by molar-refractivity contribution is 0.407. The molecule has 0 radical (unpaired) electrons. The lowest BCUT2D eigenvalue weighted by atomic mass is 9.95. The fraction of sp³-hybridized carbons (Fsp3) is 0.368. The minimum atomic E-state index is 0.409. The number of ether oxygens (including phenoxy) is 1. The Kier molecular flexibility index (Phi) is 4.56. The highest BCUT2D eigenvalue weighted by molar-refractivity contribution is 5.49. The van der Waals surface area contributed by atoms with Gasteiger partial charge in [0.15, 0.2) is 0 Å². The molecular weight excluding hydrogens is 260 g/mol. The maximum Gasteiger partial charge on any atom is 0.124 e. The maximum absolute atomic E-state index is 10.3. The van der Waals surface area contributed by atoms with Gasteiger partial charge in [-0.15, -0.1) is 0 Å². The first-order valence-corrected chi connectivity index (χ1v) is 7.41. The number of benzene rings is 2. The van der Waals surface area contributed by atoms with Crippen LogP contribution in [0.4, 0.5) is 0 Å².